The van der Waals surface area contributed by atoms with Crippen molar-refractivity contribution in [2.75, 3.05) is 5.32 Å². The molecule has 25 heavy (non-hydrogen) atoms. The number of aryl methyl sites for hydroxylation is 1. The van der Waals surface area contributed by atoms with E-state index in [1.807, 2.05) is 79.2 Å². The quantitative estimate of drug-likeness (QED) is 0.728. The van der Waals surface area contributed by atoms with Gasteiger partial charge in [0.05, 0.1) is 17.1 Å². The molecule has 3 aromatic rings. The van der Waals surface area contributed by atoms with Gasteiger partial charge in [-0.1, -0.05) is 30.3 Å². The Kier molecular flexibility index (Phi) is 2.77. The van der Waals surface area contributed by atoms with Crippen molar-refractivity contribution < 1.29 is 9.47 Å². The smallest absolute Gasteiger partial charge is 0.237 e. The molecule has 0 amide bonds. The Bertz CT molecular complexity index is 980. The third-order valence-corrected chi connectivity index (χ3v) is 4.53. The Labute approximate surface area is 145 Å². The van der Waals surface area contributed by atoms with E-state index in [1.54, 1.807) is 0 Å². The van der Waals surface area contributed by atoms with Crippen LogP contribution in [0.5, 0.6) is 11.6 Å². The van der Waals surface area contributed by atoms with Crippen LogP contribution < -0.4 is 14.8 Å². The van der Waals surface area contributed by atoms with Crippen molar-refractivity contribution in [2.45, 2.75) is 19.6 Å². The van der Waals surface area contributed by atoms with Gasteiger partial charge in [-0.25, -0.2) is 4.68 Å². The molecule has 0 saturated heterocycles. The molecule has 5 rings (SSSR count). The molecule has 1 unspecified atom stereocenters. The van der Waals surface area contributed by atoms with Crippen LogP contribution in [-0.4, -0.2) is 9.78 Å². The first-order chi connectivity index (χ1) is 12.2. The Balaban J connectivity index is 1.71. The SMILES string of the molecule is CC1=CC2(Nc3ccccc3O2)c2c(C)nn(-c3ccccc3)c2O1. The minimum Gasteiger partial charge on any atom is -0.458 e. The van der Waals surface area contributed by atoms with Crippen LogP contribution in [0.2, 0.25) is 0 Å². The number of allylic oxidation sites excluding steroid dienone is 1. The summed E-state index contributed by atoms with van der Waals surface area (Å²) in [5, 5.41) is 8.23. The molecular formula is C20H17N3O2. The first kappa shape index (κ1) is 14.2. The van der Waals surface area contributed by atoms with Crippen molar-refractivity contribution >= 4 is 5.69 Å². The highest BCUT2D eigenvalue weighted by molar-refractivity contribution is 5.66. The standard InChI is InChI=1S/C20H17N3O2/c1-13-12-20(21-16-10-6-7-11-17(16)25-20)18-14(2)22-23(19(18)24-13)15-8-4-3-5-9-15/h3-12,21H,1-2H3. The van der Waals surface area contributed by atoms with Crippen LogP contribution in [0.15, 0.2) is 66.4 Å². The number of nitrogens with zero attached hydrogens (tertiary/aromatic N) is 2. The summed E-state index contributed by atoms with van der Waals surface area (Å²) in [4.78, 5) is 0. The summed E-state index contributed by atoms with van der Waals surface area (Å²) < 4.78 is 14.2. The van der Waals surface area contributed by atoms with Crippen molar-refractivity contribution in [3.8, 4) is 17.3 Å². The molecule has 0 aliphatic carbocycles. The van der Waals surface area contributed by atoms with E-state index < -0.39 is 5.72 Å². The zero-order chi connectivity index (χ0) is 17.0. The maximum absolute atomic E-state index is 6.34. The number of aromatic nitrogens is 2. The van der Waals surface area contributed by atoms with Gasteiger partial charge in [0.25, 0.3) is 0 Å². The normalized spacial score (nSPS) is 20.2. The number of hydrogen-bond acceptors (Lipinski definition) is 4. The Hall–Kier alpha value is -3.21. The van der Waals surface area contributed by atoms with Gasteiger partial charge in [-0.05, 0) is 38.1 Å². The molecule has 124 valence electrons. The van der Waals surface area contributed by atoms with E-state index in [-0.39, 0.29) is 0 Å². The van der Waals surface area contributed by atoms with Crippen LogP contribution in [0.1, 0.15) is 18.2 Å². The minimum absolute atomic E-state index is 0.684. The number of benzene rings is 2. The maximum Gasteiger partial charge on any atom is 0.237 e. The van der Waals surface area contributed by atoms with Crippen LogP contribution in [0.3, 0.4) is 0 Å². The number of ether oxygens (including phenoxy) is 2. The summed E-state index contributed by atoms with van der Waals surface area (Å²) in [6.45, 7) is 3.91. The van der Waals surface area contributed by atoms with E-state index in [1.165, 1.54) is 0 Å². The second-order valence-electron chi connectivity index (χ2n) is 6.33. The lowest BCUT2D eigenvalue weighted by molar-refractivity contribution is 0.153. The van der Waals surface area contributed by atoms with Crippen LogP contribution >= 0.6 is 0 Å². The minimum atomic E-state index is -0.793. The van der Waals surface area contributed by atoms with Gasteiger partial charge in [-0.2, -0.15) is 5.10 Å². The van der Waals surface area contributed by atoms with Crippen molar-refractivity contribution in [3.05, 3.63) is 77.7 Å². The molecule has 0 bridgehead atoms. The lowest BCUT2D eigenvalue weighted by Gasteiger charge is -2.31. The average molecular weight is 331 g/mol. The maximum atomic E-state index is 6.34. The van der Waals surface area contributed by atoms with Crippen LogP contribution in [-0.2, 0) is 5.72 Å². The summed E-state index contributed by atoms with van der Waals surface area (Å²) in [5.74, 6) is 2.28. The lowest BCUT2D eigenvalue weighted by Crippen LogP contribution is -2.38. The van der Waals surface area contributed by atoms with Gasteiger partial charge < -0.3 is 14.8 Å². The molecule has 1 atom stereocenters. The van der Waals surface area contributed by atoms with Crippen LogP contribution in [0.4, 0.5) is 5.69 Å². The fourth-order valence-electron chi connectivity index (χ4n) is 3.55. The number of hydrogen-bond donors (Lipinski definition) is 1. The van der Waals surface area contributed by atoms with Gasteiger partial charge in [0.2, 0.25) is 11.6 Å². The van der Waals surface area contributed by atoms with Gasteiger partial charge in [-0.15, -0.1) is 0 Å². The zero-order valence-electron chi connectivity index (χ0n) is 14.0. The third-order valence-electron chi connectivity index (χ3n) is 4.53. The summed E-state index contributed by atoms with van der Waals surface area (Å²) in [7, 11) is 0. The van der Waals surface area contributed by atoms with E-state index in [0.717, 1.165) is 34.1 Å². The number of nitrogens with one attached hydrogen (secondary N) is 1. The molecule has 2 aromatic carbocycles. The molecule has 5 heteroatoms. The highest BCUT2D eigenvalue weighted by atomic mass is 16.5. The molecule has 0 radical (unpaired) electrons. The second kappa shape index (κ2) is 4.89. The highest BCUT2D eigenvalue weighted by Crippen LogP contribution is 2.49. The van der Waals surface area contributed by atoms with Crippen LogP contribution in [0, 0.1) is 6.92 Å². The van der Waals surface area contributed by atoms with Gasteiger partial charge in [0, 0.05) is 6.08 Å². The monoisotopic (exact) mass is 331 g/mol. The predicted octanol–water partition coefficient (Wildman–Crippen LogP) is 4.13. The largest absolute Gasteiger partial charge is 0.458 e. The van der Waals surface area contributed by atoms with Crippen molar-refractivity contribution in [2.24, 2.45) is 0 Å². The summed E-state index contributed by atoms with van der Waals surface area (Å²) in [5.41, 5.74) is 2.89. The lowest BCUT2D eigenvalue weighted by atomic mass is 10.0. The summed E-state index contributed by atoms with van der Waals surface area (Å²) in [6.07, 6.45) is 1.97. The fourth-order valence-corrected chi connectivity index (χ4v) is 3.55. The number of rotatable bonds is 1. The van der Waals surface area contributed by atoms with E-state index in [0.29, 0.717) is 5.88 Å². The molecule has 2 aliphatic heterocycles. The number of fused-ring (bicyclic) bond motifs is 3. The van der Waals surface area contributed by atoms with E-state index in [2.05, 4.69) is 5.32 Å². The van der Waals surface area contributed by atoms with Crippen molar-refractivity contribution in [1.29, 1.82) is 0 Å². The van der Waals surface area contributed by atoms with Crippen molar-refractivity contribution in [3.63, 3.8) is 0 Å². The zero-order valence-corrected chi connectivity index (χ0v) is 14.0. The number of anilines is 1. The Morgan fingerprint density at radius 1 is 1.00 bits per heavy atom. The van der Waals surface area contributed by atoms with E-state index in [4.69, 9.17) is 14.6 Å². The third kappa shape index (κ3) is 1.99. The van der Waals surface area contributed by atoms with Gasteiger partial charge in [0.15, 0.2) is 0 Å². The second-order valence-corrected chi connectivity index (χ2v) is 6.33. The molecule has 0 fully saturated rings. The number of para-hydroxylation sites is 3. The first-order valence-electron chi connectivity index (χ1n) is 8.25. The average Bonchev–Trinajstić information content (AvgIpc) is 3.13. The Morgan fingerprint density at radius 2 is 1.76 bits per heavy atom. The highest BCUT2D eigenvalue weighted by Gasteiger charge is 2.47. The Morgan fingerprint density at radius 3 is 2.56 bits per heavy atom. The molecule has 5 nitrogen and oxygen atoms in total. The van der Waals surface area contributed by atoms with E-state index in [9.17, 15) is 0 Å². The van der Waals surface area contributed by atoms with E-state index >= 15 is 0 Å². The summed E-state index contributed by atoms with van der Waals surface area (Å²) >= 11 is 0. The topological polar surface area (TPSA) is 48.3 Å². The molecule has 0 saturated carbocycles. The molecule has 3 heterocycles. The van der Waals surface area contributed by atoms with Crippen LogP contribution in [0.25, 0.3) is 5.69 Å². The summed E-state index contributed by atoms with van der Waals surface area (Å²) in [6, 6.07) is 17.9. The molecule has 1 aromatic heterocycles. The molecule has 2 aliphatic rings. The predicted molar refractivity (Wildman–Crippen MR) is 95.1 cm³/mol. The van der Waals surface area contributed by atoms with Gasteiger partial charge in [-0.3, -0.25) is 0 Å². The fraction of sp³-hybridized carbons (Fsp3) is 0.150. The van der Waals surface area contributed by atoms with Crippen molar-refractivity contribution in [1.82, 2.24) is 9.78 Å². The molecule has 1 N–H and O–H groups in total. The van der Waals surface area contributed by atoms with Gasteiger partial charge >= 0.3 is 0 Å². The molecule has 1 spiro atoms. The van der Waals surface area contributed by atoms with Gasteiger partial charge in [0.1, 0.15) is 17.1 Å². The molecular weight excluding hydrogens is 314 g/mol. The first-order valence-corrected chi connectivity index (χ1v) is 8.25.